The smallest absolute Gasteiger partial charge is 0.251 e. The third-order valence-electron chi connectivity index (χ3n) is 6.99. The van der Waals surface area contributed by atoms with Crippen LogP contribution in [0.15, 0.2) is 63.7 Å². The van der Waals surface area contributed by atoms with Crippen molar-refractivity contribution in [3.63, 3.8) is 0 Å². The van der Waals surface area contributed by atoms with Crippen molar-refractivity contribution in [2.24, 2.45) is 5.73 Å². The molecule has 3 heterocycles. The Morgan fingerprint density at radius 3 is 2.59 bits per heavy atom. The molecule has 0 saturated carbocycles. The van der Waals surface area contributed by atoms with Gasteiger partial charge in [-0.15, -0.1) is 11.3 Å². The molecule has 12 heteroatoms. The lowest BCUT2D eigenvalue weighted by Gasteiger charge is -2.25. The van der Waals surface area contributed by atoms with Gasteiger partial charge in [0.25, 0.3) is 5.91 Å². The summed E-state index contributed by atoms with van der Waals surface area (Å²) in [5.74, 6) is -1.31. The summed E-state index contributed by atoms with van der Waals surface area (Å²) in [7, 11) is -3.73. The fraction of sp³-hybridized carbons (Fsp3) is 0.259. The van der Waals surface area contributed by atoms with Crippen molar-refractivity contribution in [2.45, 2.75) is 41.6 Å². The standard InChI is InChI=1S/C27H27N5O5S2/c1-15(21-11-17(14-38-21)25(28)29)31-27(35)20-6-4-10-32(20)24(33)13-30-26(34)16-8-9-19-18-5-2-3-7-22(18)39(36,37)23(19)12-16/h2-3,5,7-9,11-12,14-15,20H,4,6,10,13H2,1H3,(H3,28,29)(H,30,34)(H,31,35)/t15-,20?/m1/s1. The van der Waals surface area contributed by atoms with Gasteiger partial charge in [0.15, 0.2) is 0 Å². The molecule has 0 spiro atoms. The Bertz CT molecular complexity index is 1610. The Kier molecular flexibility index (Phi) is 7.00. The van der Waals surface area contributed by atoms with Crippen LogP contribution >= 0.6 is 11.3 Å². The molecule has 2 aliphatic rings. The van der Waals surface area contributed by atoms with Crippen LogP contribution in [-0.4, -0.2) is 56.0 Å². The number of benzene rings is 2. The van der Waals surface area contributed by atoms with Gasteiger partial charge < -0.3 is 21.3 Å². The lowest BCUT2D eigenvalue weighted by molar-refractivity contribution is -0.137. The molecule has 0 radical (unpaired) electrons. The highest BCUT2D eigenvalue weighted by Crippen LogP contribution is 2.43. The van der Waals surface area contributed by atoms with Crippen LogP contribution in [0.2, 0.25) is 0 Å². The third-order valence-corrected chi connectivity index (χ3v) is 9.96. The second kappa shape index (κ2) is 10.3. The SMILES string of the molecule is C[C@@H](NC(=O)C1CCCN1C(=O)CNC(=O)c1ccc2c(c1)S(=O)(=O)c1ccccc1-2)c1cc(C(=N)N)cs1. The molecule has 10 nitrogen and oxygen atoms in total. The molecule has 3 amide bonds. The number of thiophene rings is 1. The van der Waals surface area contributed by atoms with Crippen LogP contribution < -0.4 is 16.4 Å². The average molecular weight is 566 g/mol. The molecule has 3 aromatic rings. The van der Waals surface area contributed by atoms with Crippen molar-refractivity contribution in [1.82, 2.24) is 15.5 Å². The maximum atomic E-state index is 13.0. The highest BCUT2D eigenvalue weighted by molar-refractivity contribution is 7.92. The largest absolute Gasteiger partial charge is 0.384 e. The maximum absolute atomic E-state index is 13.0. The van der Waals surface area contributed by atoms with Gasteiger partial charge in [-0.2, -0.15) is 0 Å². The van der Waals surface area contributed by atoms with E-state index in [4.69, 9.17) is 11.1 Å². The number of nitrogen functional groups attached to an aromatic ring is 1. The lowest BCUT2D eigenvalue weighted by Crippen LogP contribution is -2.49. The van der Waals surface area contributed by atoms with Crippen LogP contribution in [0, 0.1) is 5.41 Å². The molecule has 5 N–H and O–H groups in total. The molecule has 1 unspecified atom stereocenters. The van der Waals surface area contributed by atoms with E-state index in [-0.39, 0.29) is 39.7 Å². The van der Waals surface area contributed by atoms with Crippen LogP contribution in [0.25, 0.3) is 11.1 Å². The number of hydrogen-bond donors (Lipinski definition) is 4. The quantitative estimate of drug-likeness (QED) is 0.199. The van der Waals surface area contributed by atoms with Crippen LogP contribution in [0.3, 0.4) is 0 Å². The van der Waals surface area contributed by atoms with E-state index in [0.717, 1.165) is 4.88 Å². The highest BCUT2D eigenvalue weighted by Gasteiger charge is 2.35. The first-order valence-corrected chi connectivity index (χ1v) is 14.7. The molecule has 1 fully saturated rings. The zero-order valence-corrected chi connectivity index (χ0v) is 22.7. The molecule has 1 saturated heterocycles. The fourth-order valence-electron chi connectivity index (χ4n) is 4.95. The summed E-state index contributed by atoms with van der Waals surface area (Å²) in [4.78, 5) is 41.4. The molecule has 1 aromatic heterocycles. The molecule has 0 bridgehead atoms. The number of amides is 3. The third kappa shape index (κ3) is 4.92. The van der Waals surface area contributed by atoms with E-state index >= 15 is 0 Å². The molecular formula is C27H27N5O5S2. The molecule has 202 valence electrons. The lowest BCUT2D eigenvalue weighted by atomic mass is 10.0. The number of hydrogen-bond acceptors (Lipinski definition) is 7. The highest BCUT2D eigenvalue weighted by atomic mass is 32.2. The Balaban J connectivity index is 1.21. The second-order valence-electron chi connectivity index (χ2n) is 9.52. The number of nitrogens with two attached hydrogens (primary N) is 1. The van der Waals surface area contributed by atoms with Crippen LogP contribution in [0.1, 0.15) is 46.6 Å². The van der Waals surface area contributed by atoms with E-state index in [9.17, 15) is 22.8 Å². The van der Waals surface area contributed by atoms with Gasteiger partial charge in [0.05, 0.1) is 22.4 Å². The van der Waals surface area contributed by atoms with Crippen molar-refractivity contribution < 1.29 is 22.8 Å². The van der Waals surface area contributed by atoms with E-state index in [0.29, 0.717) is 36.1 Å². The van der Waals surface area contributed by atoms with Gasteiger partial charge in [-0.3, -0.25) is 19.8 Å². The van der Waals surface area contributed by atoms with Gasteiger partial charge in [0, 0.05) is 39.1 Å². The number of carbonyl (C=O) groups is 3. The molecule has 2 atom stereocenters. The minimum Gasteiger partial charge on any atom is -0.384 e. The Morgan fingerprint density at radius 2 is 1.85 bits per heavy atom. The topological polar surface area (TPSA) is 163 Å². The van der Waals surface area contributed by atoms with E-state index in [1.54, 1.807) is 35.7 Å². The van der Waals surface area contributed by atoms with Crippen molar-refractivity contribution in [1.29, 1.82) is 5.41 Å². The minimum atomic E-state index is -3.73. The fourth-order valence-corrected chi connectivity index (χ4v) is 7.58. The average Bonchev–Trinajstić information content (AvgIpc) is 3.65. The maximum Gasteiger partial charge on any atom is 0.251 e. The van der Waals surface area contributed by atoms with Gasteiger partial charge in [-0.25, -0.2) is 8.42 Å². The minimum absolute atomic E-state index is 0.0442. The monoisotopic (exact) mass is 565 g/mol. The Morgan fingerprint density at radius 1 is 1.10 bits per heavy atom. The number of amidine groups is 1. The predicted octanol–water partition coefficient (Wildman–Crippen LogP) is 2.44. The van der Waals surface area contributed by atoms with Gasteiger partial charge in [0.2, 0.25) is 21.7 Å². The number of carbonyl (C=O) groups excluding carboxylic acids is 3. The Hall–Kier alpha value is -4.03. The van der Waals surface area contributed by atoms with Crippen molar-refractivity contribution in [2.75, 3.05) is 13.1 Å². The molecule has 2 aliphatic heterocycles. The van der Waals surface area contributed by atoms with Gasteiger partial charge in [-0.05, 0) is 44.0 Å². The normalized spacial score (nSPS) is 17.7. The summed E-state index contributed by atoms with van der Waals surface area (Å²) in [5.41, 5.74) is 7.38. The van der Waals surface area contributed by atoms with Crippen molar-refractivity contribution in [3.05, 3.63) is 69.9 Å². The zero-order valence-electron chi connectivity index (χ0n) is 21.1. The number of likely N-dealkylation sites (tertiary alicyclic amines) is 1. The summed E-state index contributed by atoms with van der Waals surface area (Å²) in [6.07, 6.45) is 1.16. The van der Waals surface area contributed by atoms with E-state index in [1.165, 1.54) is 34.4 Å². The number of nitrogens with one attached hydrogen (secondary N) is 3. The first-order valence-electron chi connectivity index (χ1n) is 12.4. The molecule has 0 aliphatic carbocycles. The molecular weight excluding hydrogens is 538 g/mol. The summed E-state index contributed by atoms with van der Waals surface area (Å²) in [6.45, 7) is 1.89. The summed E-state index contributed by atoms with van der Waals surface area (Å²) in [6, 6.07) is 11.9. The Labute approximate surface area is 229 Å². The number of nitrogens with zero attached hydrogens (tertiary/aromatic N) is 1. The molecule has 39 heavy (non-hydrogen) atoms. The molecule has 5 rings (SSSR count). The second-order valence-corrected chi connectivity index (χ2v) is 12.3. The van der Waals surface area contributed by atoms with Crippen LogP contribution in [0.5, 0.6) is 0 Å². The van der Waals surface area contributed by atoms with E-state index in [2.05, 4.69) is 10.6 Å². The summed E-state index contributed by atoms with van der Waals surface area (Å²) < 4.78 is 25.9. The number of fused-ring (bicyclic) bond motifs is 3. The van der Waals surface area contributed by atoms with Crippen molar-refractivity contribution >= 4 is 44.7 Å². The van der Waals surface area contributed by atoms with E-state index in [1.807, 2.05) is 6.92 Å². The van der Waals surface area contributed by atoms with Crippen molar-refractivity contribution in [3.8, 4) is 11.1 Å². The van der Waals surface area contributed by atoms with Gasteiger partial charge in [0.1, 0.15) is 11.9 Å². The van der Waals surface area contributed by atoms with Gasteiger partial charge >= 0.3 is 0 Å². The summed E-state index contributed by atoms with van der Waals surface area (Å²) in [5, 5.41) is 14.8. The zero-order chi connectivity index (χ0) is 27.9. The first-order chi connectivity index (χ1) is 18.6. The molecule has 2 aromatic carbocycles. The number of sulfone groups is 1. The van der Waals surface area contributed by atoms with Gasteiger partial charge in [-0.1, -0.05) is 24.3 Å². The first kappa shape index (κ1) is 26.6. The summed E-state index contributed by atoms with van der Waals surface area (Å²) >= 11 is 1.39. The van der Waals surface area contributed by atoms with Crippen LogP contribution in [-0.2, 0) is 19.4 Å². The predicted molar refractivity (Wildman–Crippen MR) is 146 cm³/mol. The number of rotatable bonds is 7. The van der Waals surface area contributed by atoms with Crippen LogP contribution in [0.4, 0.5) is 0 Å². The van der Waals surface area contributed by atoms with E-state index < -0.39 is 27.7 Å².